The number of rotatable bonds is 3. The molecule has 138 valence electrons. The van der Waals surface area contributed by atoms with E-state index in [4.69, 9.17) is 4.74 Å². The van der Waals surface area contributed by atoms with E-state index in [1.807, 2.05) is 4.90 Å². The monoisotopic (exact) mass is 364 g/mol. The Balaban J connectivity index is 1.63. The summed E-state index contributed by atoms with van der Waals surface area (Å²) in [5.74, 6) is 1.09. The lowest BCUT2D eigenvalue weighted by atomic mass is 9.98. The Morgan fingerprint density at radius 3 is 2.31 bits per heavy atom. The van der Waals surface area contributed by atoms with Gasteiger partial charge in [0.05, 0.1) is 5.56 Å². The molecule has 1 aliphatic rings. The molecule has 1 aromatic heterocycles. The van der Waals surface area contributed by atoms with Gasteiger partial charge in [0, 0.05) is 30.9 Å². The smallest absolute Gasteiger partial charge is 0.417 e. The molecule has 1 aliphatic heterocycles. The molecule has 2 aromatic rings. The second-order valence-electron chi connectivity index (χ2n) is 6.48. The van der Waals surface area contributed by atoms with Crippen LogP contribution in [0.4, 0.5) is 13.2 Å². The fourth-order valence-electron chi connectivity index (χ4n) is 2.79. The summed E-state index contributed by atoms with van der Waals surface area (Å²) in [4.78, 5) is 18.0. The third-order valence-electron chi connectivity index (χ3n) is 4.46. The molecule has 0 spiro atoms. The van der Waals surface area contributed by atoms with Gasteiger partial charge in [0.25, 0.3) is 5.91 Å². The van der Waals surface area contributed by atoms with Crippen LogP contribution in [0.2, 0.25) is 0 Å². The molecule has 3 rings (SSSR count). The van der Waals surface area contributed by atoms with Crippen LogP contribution in [0.3, 0.4) is 0 Å². The van der Waals surface area contributed by atoms with Crippen molar-refractivity contribution in [3.8, 4) is 11.6 Å². The van der Waals surface area contributed by atoms with Crippen LogP contribution < -0.4 is 4.74 Å². The van der Waals surface area contributed by atoms with E-state index < -0.39 is 11.7 Å². The number of benzene rings is 1. The topological polar surface area (TPSA) is 42.4 Å². The van der Waals surface area contributed by atoms with Gasteiger partial charge in [-0.05, 0) is 49.1 Å². The molecule has 0 N–H and O–H groups in total. The van der Waals surface area contributed by atoms with Gasteiger partial charge < -0.3 is 9.64 Å². The van der Waals surface area contributed by atoms with Crippen LogP contribution in [0.15, 0.2) is 42.6 Å². The minimum Gasteiger partial charge on any atom is -0.439 e. The van der Waals surface area contributed by atoms with Gasteiger partial charge in [-0.1, -0.05) is 6.92 Å². The molecular formula is C19H19F3N2O2. The van der Waals surface area contributed by atoms with Gasteiger partial charge in [0.15, 0.2) is 0 Å². The van der Waals surface area contributed by atoms with E-state index in [2.05, 4.69) is 11.9 Å². The van der Waals surface area contributed by atoms with E-state index in [0.717, 1.165) is 44.3 Å². The Morgan fingerprint density at radius 2 is 1.77 bits per heavy atom. The number of carbonyl (C=O) groups excluding carboxylic acids is 1. The van der Waals surface area contributed by atoms with E-state index >= 15 is 0 Å². The van der Waals surface area contributed by atoms with Gasteiger partial charge in [-0.15, -0.1) is 0 Å². The third kappa shape index (κ3) is 4.33. The number of pyridine rings is 1. The van der Waals surface area contributed by atoms with Crippen molar-refractivity contribution >= 4 is 5.91 Å². The maximum absolute atomic E-state index is 12.5. The number of aromatic nitrogens is 1. The molecule has 1 saturated heterocycles. The molecule has 2 heterocycles. The van der Waals surface area contributed by atoms with Gasteiger partial charge in [0.1, 0.15) is 5.75 Å². The zero-order valence-corrected chi connectivity index (χ0v) is 14.3. The first kappa shape index (κ1) is 18.2. The summed E-state index contributed by atoms with van der Waals surface area (Å²) in [6.07, 6.45) is -1.69. The second kappa shape index (κ2) is 7.35. The number of carbonyl (C=O) groups is 1. The number of halogens is 3. The fraction of sp³-hybridized carbons (Fsp3) is 0.368. The molecule has 1 fully saturated rings. The van der Waals surface area contributed by atoms with E-state index in [0.29, 0.717) is 17.2 Å². The first-order valence-corrected chi connectivity index (χ1v) is 8.43. The fourth-order valence-corrected chi connectivity index (χ4v) is 2.79. The zero-order valence-electron chi connectivity index (χ0n) is 14.3. The van der Waals surface area contributed by atoms with E-state index in [1.54, 1.807) is 24.3 Å². The number of likely N-dealkylation sites (tertiary alicyclic amines) is 1. The van der Waals surface area contributed by atoms with E-state index in [9.17, 15) is 18.0 Å². The van der Waals surface area contributed by atoms with Crippen LogP contribution in [0, 0.1) is 5.92 Å². The van der Waals surface area contributed by atoms with Gasteiger partial charge >= 0.3 is 6.18 Å². The minimum atomic E-state index is -4.43. The normalized spacial score (nSPS) is 15.8. The summed E-state index contributed by atoms with van der Waals surface area (Å²) in [5, 5.41) is 0. The molecule has 1 aromatic carbocycles. The molecule has 7 heteroatoms. The largest absolute Gasteiger partial charge is 0.439 e. The molecule has 0 unspecified atom stereocenters. The predicted molar refractivity (Wildman–Crippen MR) is 90.1 cm³/mol. The number of alkyl halides is 3. The Kier molecular flexibility index (Phi) is 5.15. The summed E-state index contributed by atoms with van der Waals surface area (Å²) in [5.41, 5.74) is -0.270. The van der Waals surface area contributed by atoms with Crippen LogP contribution in [0.25, 0.3) is 0 Å². The van der Waals surface area contributed by atoms with Crippen molar-refractivity contribution in [2.75, 3.05) is 13.1 Å². The minimum absolute atomic E-state index is 0.0175. The highest BCUT2D eigenvalue weighted by molar-refractivity contribution is 5.94. The summed E-state index contributed by atoms with van der Waals surface area (Å²) in [6, 6.07) is 8.60. The summed E-state index contributed by atoms with van der Waals surface area (Å²) in [6.45, 7) is 3.70. The summed E-state index contributed by atoms with van der Waals surface area (Å²) < 4.78 is 43.0. The number of amides is 1. The van der Waals surface area contributed by atoms with Crippen LogP contribution in [0.1, 0.15) is 35.7 Å². The molecule has 0 aliphatic carbocycles. The molecule has 1 amide bonds. The second-order valence-corrected chi connectivity index (χ2v) is 6.48. The highest BCUT2D eigenvalue weighted by Crippen LogP contribution is 2.30. The van der Waals surface area contributed by atoms with E-state index in [-0.39, 0.29) is 11.8 Å². The first-order valence-electron chi connectivity index (χ1n) is 8.43. The van der Waals surface area contributed by atoms with Crippen molar-refractivity contribution in [1.29, 1.82) is 0 Å². The number of hydrogen-bond donors (Lipinski definition) is 0. The van der Waals surface area contributed by atoms with Crippen LogP contribution in [-0.2, 0) is 6.18 Å². The summed E-state index contributed by atoms with van der Waals surface area (Å²) >= 11 is 0. The van der Waals surface area contributed by atoms with Crippen molar-refractivity contribution < 1.29 is 22.7 Å². The maximum Gasteiger partial charge on any atom is 0.417 e. The summed E-state index contributed by atoms with van der Waals surface area (Å²) in [7, 11) is 0. The molecule has 4 nitrogen and oxygen atoms in total. The Labute approximate surface area is 149 Å². The SMILES string of the molecule is CC1CCN(C(=O)c2ccc(Oc3ccc(C(F)(F)F)cn3)cc2)CC1. The number of nitrogens with zero attached hydrogens (tertiary/aromatic N) is 2. The zero-order chi connectivity index (χ0) is 18.7. The third-order valence-corrected chi connectivity index (χ3v) is 4.46. The molecule has 26 heavy (non-hydrogen) atoms. The average Bonchev–Trinajstić information content (AvgIpc) is 2.62. The van der Waals surface area contributed by atoms with Crippen LogP contribution in [0.5, 0.6) is 11.6 Å². The van der Waals surface area contributed by atoms with Crippen LogP contribution >= 0.6 is 0 Å². The molecule has 0 saturated carbocycles. The van der Waals surface area contributed by atoms with Gasteiger partial charge in [-0.2, -0.15) is 13.2 Å². The quantitative estimate of drug-likeness (QED) is 0.788. The lowest BCUT2D eigenvalue weighted by Gasteiger charge is -2.30. The lowest BCUT2D eigenvalue weighted by molar-refractivity contribution is -0.137. The Morgan fingerprint density at radius 1 is 1.12 bits per heavy atom. The predicted octanol–water partition coefficient (Wildman–Crippen LogP) is 4.76. The first-order chi connectivity index (χ1) is 12.3. The molecule has 0 bridgehead atoms. The van der Waals surface area contributed by atoms with Crippen molar-refractivity contribution in [2.24, 2.45) is 5.92 Å². The van der Waals surface area contributed by atoms with Crippen molar-refractivity contribution in [2.45, 2.75) is 25.9 Å². The molecule has 0 atom stereocenters. The number of ether oxygens (including phenoxy) is 1. The molecular weight excluding hydrogens is 345 g/mol. The van der Waals surface area contributed by atoms with Crippen molar-refractivity contribution in [1.82, 2.24) is 9.88 Å². The molecule has 0 radical (unpaired) electrons. The lowest BCUT2D eigenvalue weighted by Crippen LogP contribution is -2.37. The van der Waals surface area contributed by atoms with Crippen molar-refractivity contribution in [3.63, 3.8) is 0 Å². The van der Waals surface area contributed by atoms with Crippen molar-refractivity contribution in [3.05, 3.63) is 53.7 Å². The highest BCUT2D eigenvalue weighted by atomic mass is 19.4. The van der Waals surface area contributed by atoms with E-state index in [1.165, 1.54) is 0 Å². The highest BCUT2D eigenvalue weighted by Gasteiger charge is 2.30. The maximum atomic E-state index is 12.5. The Hall–Kier alpha value is -2.57. The standard InChI is InChI=1S/C19H19F3N2O2/c1-13-8-10-24(11-9-13)18(25)14-2-5-16(6-3-14)26-17-7-4-15(12-23-17)19(20,21)22/h2-7,12-13H,8-11H2,1H3. The number of hydrogen-bond acceptors (Lipinski definition) is 3. The van der Waals surface area contributed by atoms with Gasteiger partial charge in [0.2, 0.25) is 5.88 Å². The van der Waals surface area contributed by atoms with Crippen LogP contribution in [-0.4, -0.2) is 28.9 Å². The Bertz CT molecular complexity index is 750. The number of piperidine rings is 1. The van der Waals surface area contributed by atoms with Gasteiger partial charge in [-0.25, -0.2) is 4.98 Å². The average molecular weight is 364 g/mol. The van der Waals surface area contributed by atoms with Gasteiger partial charge in [-0.3, -0.25) is 4.79 Å².